The molecule has 2 unspecified atom stereocenters. The van der Waals surface area contributed by atoms with Crippen molar-refractivity contribution >= 4 is 19.8 Å². The van der Waals surface area contributed by atoms with Gasteiger partial charge in [0.2, 0.25) is 0 Å². The Hall–Kier alpha value is -2.81. The van der Waals surface area contributed by atoms with Crippen molar-refractivity contribution in [2.45, 2.75) is 142 Å². The third-order valence-corrected chi connectivity index (χ3v) is 9.09. The molecule has 0 bridgehead atoms. The van der Waals surface area contributed by atoms with E-state index in [1.165, 1.54) is 6.42 Å². The highest BCUT2D eigenvalue weighted by molar-refractivity contribution is 7.45. The fourth-order valence-corrected chi connectivity index (χ4v) is 5.62. The van der Waals surface area contributed by atoms with Gasteiger partial charge in [0.25, 0.3) is 7.82 Å². The lowest BCUT2D eigenvalue weighted by atomic mass is 10.1. The third-order valence-electron chi connectivity index (χ3n) is 8.13. The van der Waals surface area contributed by atoms with Crippen LogP contribution in [0.4, 0.5) is 0 Å². The van der Waals surface area contributed by atoms with Crippen molar-refractivity contribution in [2.75, 3.05) is 47.5 Å². The van der Waals surface area contributed by atoms with Gasteiger partial charge in [-0.1, -0.05) is 125 Å². The van der Waals surface area contributed by atoms with E-state index >= 15 is 0 Å². The van der Waals surface area contributed by atoms with E-state index < -0.39 is 32.5 Å². The number of likely N-dealkylation sites (N-methyl/N-ethyl adjacent to an activating group) is 1. The molecule has 0 saturated carbocycles. The molecule has 0 N–H and O–H groups in total. The molecule has 0 aromatic carbocycles. The molecule has 0 radical (unpaired) electrons. The van der Waals surface area contributed by atoms with Crippen LogP contribution in [0.5, 0.6) is 0 Å². The number of carbonyl (C=O) groups is 2. The lowest BCUT2D eigenvalue weighted by Crippen LogP contribution is -2.37. The fraction of sp³-hybridized carbons (Fsp3) is 0.644. The standard InChI is InChI=1S/C45H76NO8P/c1-6-8-10-12-14-16-18-19-20-21-22-23-24-25-26-27-28-30-32-34-36-38-45(48)54-43(42-53-55(49,50)52-40-39-46(3,4)5)41-51-44(47)37-35-33-31-29-17-15-13-11-9-7-2/h8,10-11,13-14,16,19-20,22-23,25-26,28,30,43H,6-7,9,12,15,17-18,21,24,27,29,31-42H2,1-5H3/b10-8-,13-11-,16-14-,20-19-,23-22-,26-25-,30-28-. The first-order valence-electron chi connectivity index (χ1n) is 20.8. The number of phosphoric ester groups is 1. The van der Waals surface area contributed by atoms with E-state index in [1.54, 1.807) is 0 Å². The van der Waals surface area contributed by atoms with Crippen molar-refractivity contribution in [1.82, 2.24) is 0 Å². The third kappa shape index (κ3) is 40.7. The molecule has 55 heavy (non-hydrogen) atoms. The molecule has 0 fully saturated rings. The van der Waals surface area contributed by atoms with Crippen molar-refractivity contribution in [3.8, 4) is 0 Å². The summed E-state index contributed by atoms with van der Waals surface area (Å²) in [5.74, 6) is -0.909. The normalized spacial score (nSPS) is 14.5. The molecule has 0 aliphatic rings. The number of phosphoric acid groups is 1. The molecular formula is C45H76NO8P. The van der Waals surface area contributed by atoms with Crippen LogP contribution in [0.1, 0.15) is 136 Å². The predicted octanol–water partition coefficient (Wildman–Crippen LogP) is 11.0. The van der Waals surface area contributed by atoms with Gasteiger partial charge in [0.1, 0.15) is 19.8 Å². The molecule has 0 aromatic rings. The Morgan fingerprint density at radius 2 is 1.04 bits per heavy atom. The maximum atomic E-state index is 12.6. The average Bonchev–Trinajstić information content (AvgIpc) is 3.13. The minimum absolute atomic E-state index is 0.0456. The fourth-order valence-electron chi connectivity index (χ4n) is 4.89. The first-order chi connectivity index (χ1) is 26.5. The second-order valence-electron chi connectivity index (χ2n) is 14.6. The molecular weight excluding hydrogens is 713 g/mol. The molecule has 0 aromatic heterocycles. The van der Waals surface area contributed by atoms with E-state index in [-0.39, 0.29) is 26.1 Å². The number of allylic oxidation sites excluding steroid dienone is 14. The Morgan fingerprint density at radius 3 is 1.60 bits per heavy atom. The number of nitrogens with zero attached hydrogens (tertiary/aromatic N) is 1. The summed E-state index contributed by atoms with van der Waals surface area (Å²) in [4.78, 5) is 37.4. The van der Waals surface area contributed by atoms with Gasteiger partial charge in [0.15, 0.2) is 6.10 Å². The molecule has 0 saturated heterocycles. The Labute approximate surface area is 335 Å². The Bertz CT molecular complexity index is 1210. The van der Waals surface area contributed by atoms with Crippen molar-refractivity contribution in [3.05, 3.63) is 85.1 Å². The zero-order chi connectivity index (χ0) is 40.7. The van der Waals surface area contributed by atoms with Gasteiger partial charge in [-0.3, -0.25) is 14.2 Å². The van der Waals surface area contributed by atoms with Gasteiger partial charge in [-0.15, -0.1) is 0 Å². The lowest BCUT2D eigenvalue weighted by Gasteiger charge is -2.28. The summed E-state index contributed by atoms with van der Waals surface area (Å²) in [6.45, 7) is 3.95. The molecule has 0 heterocycles. The second kappa shape index (κ2) is 36.8. The van der Waals surface area contributed by atoms with Crippen LogP contribution in [0.25, 0.3) is 0 Å². The zero-order valence-corrected chi connectivity index (χ0v) is 36.0. The number of unbranched alkanes of at least 4 members (excludes halogenated alkanes) is 8. The van der Waals surface area contributed by atoms with Gasteiger partial charge in [0.05, 0.1) is 27.7 Å². The molecule has 0 amide bonds. The van der Waals surface area contributed by atoms with Crippen LogP contribution >= 0.6 is 7.82 Å². The van der Waals surface area contributed by atoms with Gasteiger partial charge in [0, 0.05) is 12.8 Å². The number of carbonyl (C=O) groups excluding carboxylic acids is 2. The first-order valence-corrected chi connectivity index (χ1v) is 22.3. The summed E-state index contributed by atoms with van der Waals surface area (Å²) >= 11 is 0. The maximum Gasteiger partial charge on any atom is 0.306 e. The van der Waals surface area contributed by atoms with Crippen LogP contribution in [0.2, 0.25) is 0 Å². The van der Waals surface area contributed by atoms with Gasteiger partial charge in [-0.05, 0) is 83.5 Å². The van der Waals surface area contributed by atoms with Crippen LogP contribution in [-0.2, 0) is 32.7 Å². The number of hydrogen-bond donors (Lipinski definition) is 0. The number of quaternary nitrogens is 1. The minimum atomic E-state index is -4.64. The highest BCUT2D eigenvalue weighted by atomic mass is 31.2. The number of ether oxygens (including phenoxy) is 2. The van der Waals surface area contributed by atoms with Crippen LogP contribution in [0, 0.1) is 0 Å². The molecule has 2 atom stereocenters. The van der Waals surface area contributed by atoms with Gasteiger partial charge >= 0.3 is 11.9 Å². The number of hydrogen-bond acceptors (Lipinski definition) is 8. The highest BCUT2D eigenvalue weighted by Crippen LogP contribution is 2.38. The lowest BCUT2D eigenvalue weighted by molar-refractivity contribution is -0.870. The van der Waals surface area contributed by atoms with Crippen LogP contribution in [0.15, 0.2) is 85.1 Å². The van der Waals surface area contributed by atoms with E-state index in [1.807, 2.05) is 21.1 Å². The van der Waals surface area contributed by atoms with Crippen LogP contribution in [0.3, 0.4) is 0 Å². The highest BCUT2D eigenvalue weighted by Gasteiger charge is 2.21. The SMILES string of the molecule is CC/C=C\C/C=C\C/C=C\C/C=C\C/C=C\C/C=C\CCCCC(=O)OC(COC(=O)CCCCCCC/C=C\CCC)COP(=O)([O-])OCC[N+](C)(C)C. The summed E-state index contributed by atoms with van der Waals surface area (Å²) in [7, 11) is 1.11. The van der Waals surface area contributed by atoms with Crippen molar-refractivity contribution in [2.24, 2.45) is 0 Å². The zero-order valence-electron chi connectivity index (χ0n) is 35.1. The summed E-state index contributed by atoms with van der Waals surface area (Å²) in [6, 6.07) is 0. The predicted molar refractivity (Wildman–Crippen MR) is 226 cm³/mol. The summed E-state index contributed by atoms with van der Waals surface area (Å²) in [6.07, 6.45) is 46.2. The Balaban J connectivity index is 4.48. The summed E-state index contributed by atoms with van der Waals surface area (Å²) < 4.78 is 33.7. The van der Waals surface area contributed by atoms with Crippen molar-refractivity contribution in [3.63, 3.8) is 0 Å². The Morgan fingerprint density at radius 1 is 0.582 bits per heavy atom. The second-order valence-corrected chi connectivity index (χ2v) is 16.0. The molecule has 0 aliphatic heterocycles. The maximum absolute atomic E-state index is 12.6. The van der Waals surface area contributed by atoms with E-state index in [0.29, 0.717) is 23.9 Å². The topological polar surface area (TPSA) is 111 Å². The largest absolute Gasteiger partial charge is 0.756 e. The number of rotatable bonds is 36. The minimum Gasteiger partial charge on any atom is -0.756 e. The van der Waals surface area contributed by atoms with E-state index in [2.05, 4.69) is 98.9 Å². The quantitative estimate of drug-likeness (QED) is 0.0203. The van der Waals surface area contributed by atoms with E-state index in [4.69, 9.17) is 18.5 Å². The van der Waals surface area contributed by atoms with Crippen molar-refractivity contribution < 1.29 is 42.1 Å². The van der Waals surface area contributed by atoms with Gasteiger partial charge < -0.3 is 27.9 Å². The molecule has 314 valence electrons. The monoisotopic (exact) mass is 790 g/mol. The van der Waals surface area contributed by atoms with Gasteiger partial charge in [-0.2, -0.15) is 0 Å². The van der Waals surface area contributed by atoms with E-state index in [9.17, 15) is 19.0 Å². The van der Waals surface area contributed by atoms with Gasteiger partial charge in [-0.25, -0.2) is 0 Å². The van der Waals surface area contributed by atoms with Crippen molar-refractivity contribution in [1.29, 1.82) is 0 Å². The molecule has 9 nitrogen and oxygen atoms in total. The molecule has 0 aliphatic carbocycles. The van der Waals surface area contributed by atoms with Crippen LogP contribution in [-0.4, -0.2) is 70.0 Å². The Kier molecular flexibility index (Phi) is 34.9. The summed E-state index contributed by atoms with van der Waals surface area (Å²) in [5, 5.41) is 0. The molecule has 10 heteroatoms. The molecule has 0 rings (SSSR count). The van der Waals surface area contributed by atoms with E-state index in [0.717, 1.165) is 89.9 Å². The average molecular weight is 790 g/mol. The van der Waals surface area contributed by atoms with Crippen LogP contribution < -0.4 is 4.89 Å². The molecule has 0 spiro atoms. The summed E-state index contributed by atoms with van der Waals surface area (Å²) in [5.41, 5.74) is 0. The smallest absolute Gasteiger partial charge is 0.306 e. The first kappa shape index (κ1) is 52.2. The number of esters is 2.